The Morgan fingerprint density at radius 1 is 1.42 bits per heavy atom. The van der Waals surface area contributed by atoms with Crippen molar-refractivity contribution in [1.29, 1.82) is 5.26 Å². The molecule has 2 rings (SSSR count). The number of halogens is 1. The second kappa shape index (κ2) is 3.53. The fraction of sp³-hybridized carbons (Fsp3) is 0. The monoisotopic (exact) mass is 196 g/mol. The molecular weight excluding hydrogens is 192 g/mol. The van der Waals surface area contributed by atoms with Gasteiger partial charge in [0.25, 0.3) is 0 Å². The smallest absolute Gasteiger partial charge is 0.101 e. The summed E-state index contributed by atoms with van der Waals surface area (Å²) >= 11 is 1.55. The van der Waals surface area contributed by atoms with Gasteiger partial charge < -0.3 is 0 Å². The molecule has 0 atom stereocenters. The van der Waals surface area contributed by atoms with Crippen LogP contribution in [0.15, 0.2) is 23.7 Å². The van der Waals surface area contributed by atoms with E-state index in [1.54, 1.807) is 22.9 Å². The number of benzene rings is 1. The van der Waals surface area contributed by atoms with Gasteiger partial charge in [-0.3, -0.25) is 0 Å². The average molecular weight is 197 g/mol. The third-order valence-electron chi connectivity index (χ3n) is 1.48. The average Bonchev–Trinajstić information content (AvgIpc) is 2.50. The van der Waals surface area contributed by atoms with E-state index in [2.05, 4.69) is 11.1 Å². The van der Waals surface area contributed by atoms with Crippen LogP contribution < -0.4 is 0 Å². The van der Waals surface area contributed by atoms with Crippen LogP contribution in [-0.2, 0) is 0 Å². The Kier molecular flexibility index (Phi) is 2.64. The minimum atomic E-state index is 0. The first-order valence-electron chi connectivity index (χ1n) is 3.14. The molecule has 12 heavy (non-hydrogen) atoms. The lowest BCUT2D eigenvalue weighted by atomic mass is 10.2. The molecule has 1 aromatic carbocycles. The summed E-state index contributed by atoms with van der Waals surface area (Å²) in [6.45, 7) is 0. The summed E-state index contributed by atoms with van der Waals surface area (Å²) in [6, 6.07) is 7.72. The third kappa shape index (κ3) is 1.27. The van der Waals surface area contributed by atoms with Gasteiger partial charge in [0.15, 0.2) is 0 Å². The van der Waals surface area contributed by atoms with Crippen LogP contribution in [0.5, 0.6) is 0 Å². The Balaban J connectivity index is 0.000000720. The van der Waals surface area contributed by atoms with Gasteiger partial charge in [-0.1, -0.05) is 6.07 Å². The van der Waals surface area contributed by atoms with Crippen molar-refractivity contribution in [3.05, 3.63) is 29.3 Å². The quantitative estimate of drug-likeness (QED) is 0.650. The SMILES string of the molecule is Cl.N#Cc1cccc2scnc12. The van der Waals surface area contributed by atoms with E-state index in [9.17, 15) is 0 Å². The molecular formula is C8H5ClN2S. The van der Waals surface area contributed by atoms with Crippen LogP contribution in [0.1, 0.15) is 5.56 Å². The number of hydrogen-bond donors (Lipinski definition) is 0. The van der Waals surface area contributed by atoms with Crippen molar-refractivity contribution in [3.63, 3.8) is 0 Å². The summed E-state index contributed by atoms with van der Waals surface area (Å²) in [5, 5.41) is 8.67. The van der Waals surface area contributed by atoms with E-state index in [4.69, 9.17) is 5.26 Å². The van der Waals surface area contributed by atoms with E-state index < -0.39 is 0 Å². The van der Waals surface area contributed by atoms with E-state index in [0.29, 0.717) is 5.56 Å². The minimum absolute atomic E-state index is 0. The zero-order chi connectivity index (χ0) is 7.68. The molecule has 0 fully saturated rings. The summed E-state index contributed by atoms with van der Waals surface area (Å²) in [6.07, 6.45) is 0. The van der Waals surface area contributed by atoms with Gasteiger partial charge in [0.1, 0.15) is 6.07 Å². The van der Waals surface area contributed by atoms with Crippen molar-refractivity contribution in [2.45, 2.75) is 0 Å². The van der Waals surface area contributed by atoms with E-state index in [1.807, 2.05) is 12.1 Å². The molecule has 0 saturated heterocycles. The Hall–Kier alpha value is -1.11. The van der Waals surface area contributed by atoms with Crippen LogP contribution in [0.25, 0.3) is 10.2 Å². The van der Waals surface area contributed by atoms with Crippen LogP contribution in [0.2, 0.25) is 0 Å². The molecule has 0 N–H and O–H groups in total. The lowest BCUT2D eigenvalue weighted by Crippen LogP contribution is -1.74. The Labute approximate surface area is 79.9 Å². The van der Waals surface area contributed by atoms with E-state index in [0.717, 1.165) is 10.2 Å². The molecule has 0 radical (unpaired) electrons. The van der Waals surface area contributed by atoms with Gasteiger partial charge in [0, 0.05) is 0 Å². The normalized spacial score (nSPS) is 8.92. The molecule has 0 unspecified atom stereocenters. The highest BCUT2D eigenvalue weighted by Gasteiger charge is 2.00. The maximum absolute atomic E-state index is 8.67. The van der Waals surface area contributed by atoms with Crippen LogP contribution >= 0.6 is 23.7 Å². The molecule has 4 heteroatoms. The molecule has 0 aliphatic carbocycles. The number of nitriles is 1. The number of aromatic nitrogens is 1. The Morgan fingerprint density at radius 3 is 3.00 bits per heavy atom. The Morgan fingerprint density at radius 2 is 2.25 bits per heavy atom. The van der Waals surface area contributed by atoms with Crippen molar-refractivity contribution in [2.75, 3.05) is 0 Å². The molecule has 1 heterocycles. The first-order chi connectivity index (χ1) is 5.42. The first-order valence-corrected chi connectivity index (χ1v) is 4.02. The van der Waals surface area contributed by atoms with Gasteiger partial charge in [-0.05, 0) is 12.1 Å². The van der Waals surface area contributed by atoms with Gasteiger partial charge in [-0.15, -0.1) is 23.7 Å². The summed E-state index contributed by atoms with van der Waals surface area (Å²) in [5.74, 6) is 0. The molecule has 2 nitrogen and oxygen atoms in total. The van der Waals surface area contributed by atoms with Crippen molar-refractivity contribution in [1.82, 2.24) is 4.98 Å². The van der Waals surface area contributed by atoms with Crippen molar-refractivity contribution in [3.8, 4) is 6.07 Å². The maximum atomic E-state index is 8.67. The number of fused-ring (bicyclic) bond motifs is 1. The summed E-state index contributed by atoms with van der Waals surface area (Å²) in [7, 11) is 0. The van der Waals surface area contributed by atoms with Crippen LogP contribution in [0.4, 0.5) is 0 Å². The largest absolute Gasteiger partial charge is 0.243 e. The molecule has 0 aliphatic rings. The summed E-state index contributed by atoms with van der Waals surface area (Å²) in [5.41, 5.74) is 3.23. The predicted octanol–water partition coefficient (Wildman–Crippen LogP) is 2.59. The van der Waals surface area contributed by atoms with Gasteiger partial charge in [0.05, 0.1) is 21.3 Å². The highest BCUT2D eigenvalue weighted by atomic mass is 35.5. The topological polar surface area (TPSA) is 36.7 Å². The number of rotatable bonds is 0. The molecule has 1 aromatic heterocycles. The third-order valence-corrected chi connectivity index (χ3v) is 2.28. The van der Waals surface area contributed by atoms with Crippen LogP contribution in [-0.4, -0.2) is 4.98 Å². The number of nitrogens with zero attached hydrogens (tertiary/aromatic N) is 2. The number of thiazole rings is 1. The highest BCUT2D eigenvalue weighted by Crippen LogP contribution is 2.19. The second-order valence-electron chi connectivity index (χ2n) is 2.12. The fourth-order valence-corrected chi connectivity index (χ4v) is 1.68. The lowest BCUT2D eigenvalue weighted by molar-refractivity contribution is 1.45. The first kappa shape index (κ1) is 8.98. The van der Waals surface area contributed by atoms with E-state index >= 15 is 0 Å². The zero-order valence-electron chi connectivity index (χ0n) is 6.02. The fourth-order valence-electron chi connectivity index (χ4n) is 0.977. The van der Waals surface area contributed by atoms with Crippen LogP contribution in [0.3, 0.4) is 0 Å². The lowest BCUT2D eigenvalue weighted by Gasteiger charge is -1.87. The number of hydrogen-bond acceptors (Lipinski definition) is 3. The molecule has 60 valence electrons. The van der Waals surface area contributed by atoms with Gasteiger partial charge in [-0.2, -0.15) is 5.26 Å². The van der Waals surface area contributed by atoms with Gasteiger partial charge >= 0.3 is 0 Å². The van der Waals surface area contributed by atoms with Crippen molar-refractivity contribution in [2.24, 2.45) is 0 Å². The molecule has 2 aromatic rings. The van der Waals surface area contributed by atoms with Crippen molar-refractivity contribution >= 4 is 34.0 Å². The number of para-hydroxylation sites is 1. The van der Waals surface area contributed by atoms with Gasteiger partial charge in [-0.25, -0.2) is 4.98 Å². The zero-order valence-corrected chi connectivity index (χ0v) is 7.65. The highest BCUT2D eigenvalue weighted by molar-refractivity contribution is 7.16. The van der Waals surface area contributed by atoms with Crippen molar-refractivity contribution < 1.29 is 0 Å². The predicted molar refractivity (Wildman–Crippen MR) is 51.6 cm³/mol. The Bertz CT molecular complexity index is 430. The molecule has 0 bridgehead atoms. The maximum Gasteiger partial charge on any atom is 0.101 e. The standard InChI is InChI=1S/C8H4N2S.ClH/c9-4-6-2-1-3-7-8(6)10-5-11-7;/h1-3,5H;1H. The molecule has 0 amide bonds. The molecule has 0 saturated carbocycles. The second-order valence-corrected chi connectivity index (χ2v) is 3.00. The van der Waals surface area contributed by atoms with Crippen LogP contribution in [0, 0.1) is 11.3 Å². The molecule has 0 spiro atoms. The summed E-state index contributed by atoms with van der Waals surface area (Å²) < 4.78 is 1.07. The van der Waals surface area contributed by atoms with E-state index in [1.165, 1.54) is 0 Å². The van der Waals surface area contributed by atoms with E-state index in [-0.39, 0.29) is 12.4 Å². The van der Waals surface area contributed by atoms with Gasteiger partial charge in [0.2, 0.25) is 0 Å². The summed E-state index contributed by atoms with van der Waals surface area (Å²) in [4.78, 5) is 4.09. The minimum Gasteiger partial charge on any atom is -0.243 e. The molecule has 0 aliphatic heterocycles.